The average molecular weight is 321 g/mol. The normalized spacial score (nSPS) is 24.6. The van der Waals surface area contributed by atoms with Crippen LogP contribution in [0.15, 0.2) is 0 Å². The van der Waals surface area contributed by atoms with E-state index < -0.39 is 10.2 Å². The number of hydrogen-bond acceptors (Lipinski definition) is 4. The van der Waals surface area contributed by atoms with E-state index in [9.17, 15) is 8.42 Å². The minimum atomic E-state index is -3.36. The van der Waals surface area contributed by atoms with E-state index in [2.05, 4.69) is 19.2 Å². The third-order valence-electron chi connectivity index (χ3n) is 4.13. The van der Waals surface area contributed by atoms with Gasteiger partial charge in [0.25, 0.3) is 10.2 Å². The zero-order valence-electron chi connectivity index (χ0n) is 13.8. The number of methoxy groups -OCH3 is 1. The highest BCUT2D eigenvalue weighted by Crippen LogP contribution is 2.22. The molecule has 1 fully saturated rings. The van der Waals surface area contributed by atoms with Crippen molar-refractivity contribution in [3.63, 3.8) is 0 Å². The molecule has 0 amide bonds. The second kappa shape index (κ2) is 9.05. The summed E-state index contributed by atoms with van der Waals surface area (Å²) in [4.78, 5) is 0. The lowest BCUT2D eigenvalue weighted by molar-refractivity contribution is 0.0170. The molecule has 7 heteroatoms. The maximum Gasteiger partial charge on any atom is 0.281 e. The third kappa shape index (κ3) is 5.49. The second-order valence-corrected chi connectivity index (χ2v) is 7.87. The molecular formula is C14H31N3O3S. The zero-order valence-corrected chi connectivity index (χ0v) is 14.7. The SMILES string of the molecule is CCCNCCCN(C)S(=O)(=O)N1CCC(C)C(OC)C1. The molecule has 2 atom stereocenters. The summed E-state index contributed by atoms with van der Waals surface area (Å²) < 4.78 is 33.5. The summed E-state index contributed by atoms with van der Waals surface area (Å²) in [6.45, 7) is 7.65. The van der Waals surface area contributed by atoms with Crippen LogP contribution in [0.2, 0.25) is 0 Å². The minimum absolute atomic E-state index is 0.00635. The van der Waals surface area contributed by atoms with Crippen molar-refractivity contribution in [1.29, 1.82) is 0 Å². The Labute approximate surface area is 130 Å². The Morgan fingerprint density at radius 2 is 2.10 bits per heavy atom. The molecule has 0 spiro atoms. The molecule has 2 unspecified atom stereocenters. The summed E-state index contributed by atoms with van der Waals surface area (Å²) in [6, 6.07) is 0. The number of piperidine rings is 1. The van der Waals surface area contributed by atoms with Crippen LogP contribution in [0.5, 0.6) is 0 Å². The molecule has 0 aromatic heterocycles. The Bertz CT molecular complexity index is 389. The molecule has 1 aliphatic rings. The van der Waals surface area contributed by atoms with Crippen molar-refractivity contribution in [3.05, 3.63) is 0 Å². The monoisotopic (exact) mass is 321 g/mol. The van der Waals surface area contributed by atoms with Crippen molar-refractivity contribution in [3.8, 4) is 0 Å². The van der Waals surface area contributed by atoms with Gasteiger partial charge in [-0.05, 0) is 38.3 Å². The first-order valence-corrected chi connectivity index (χ1v) is 9.28. The standard InChI is InChI=1S/C14H31N3O3S/c1-5-8-15-9-6-10-16(3)21(18,19)17-11-7-13(2)14(12-17)20-4/h13-15H,5-12H2,1-4H3. The number of hydrogen-bond donors (Lipinski definition) is 1. The van der Waals surface area contributed by atoms with E-state index in [4.69, 9.17) is 4.74 Å². The Morgan fingerprint density at radius 1 is 1.38 bits per heavy atom. The van der Waals surface area contributed by atoms with Crippen LogP contribution < -0.4 is 5.32 Å². The molecule has 1 saturated heterocycles. The highest BCUT2D eigenvalue weighted by Gasteiger charge is 2.34. The molecule has 6 nitrogen and oxygen atoms in total. The van der Waals surface area contributed by atoms with Crippen LogP contribution >= 0.6 is 0 Å². The summed E-state index contributed by atoms with van der Waals surface area (Å²) in [6.07, 6.45) is 2.77. The van der Waals surface area contributed by atoms with Crippen molar-refractivity contribution >= 4 is 10.2 Å². The smallest absolute Gasteiger partial charge is 0.281 e. The molecule has 1 rings (SSSR count). The van der Waals surface area contributed by atoms with Gasteiger partial charge in [-0.2, -0.15) is 17.0 Å². The van der Waals surface area contributed by atoms with Gasteiger partial charge in [-0.15, -0.1) is 0 Å². The Kier molecular flexibility index (Phi) is 8.12. The minimum Gasteiger partial charge on any atom is -0.380 e. The first kappa shape index (κ1) is 18.8. The molecule has 126 valence electrons. The molecule has 0 aliphatic carbocycles. The highest BCUT2D eigenvalue weighted by atomic mass is 32.2. The molecular weight excluding hydrogens is 290 g/mol. The quantitative estimate of drug-likeness (QED) is 0.641. The van der Waals surface area contributed by atoms with Gasteiger partial charge in [0.05, 0.1) is 6.10 Å². The third-order valence-corrected chi connectivity index (χ3v) is 6.08. The van der Waals surface area contributed by atoms with Crippen LogP contribution in [0, 0.1) is 5.92 Å². The fourth-order valence-electron chi connectivity index (χ4n) is 2.56. The molecule has 1 aliphatic heterocycles. The number of rotatable bonds is 9. The number of ether oxygens (including phenoxy) is 1. The van der Waals surface area contributed by atoms with Crippen molar-refractivity contribution < 1.29 is 13.2 Å². The van der Waals surface area contributed by atoms with E-state index in [-0.39, 0.29) is 6.10 Å². The van der Waals surface area contributed by atoms with Crippen molar-refractivity contribution in [2.24, 2.45) is 5.92 Å². The van der Waals surface area contributed by atoms with Crippen molar-refractivity contribution in [2.75, 3.05) is 46.9 Å². The van der Waals surface area contributed by atoms with Gasteiger partial charge >= 0.3 is 0 Å². The molecule has 0 aromatic rings. The fourth-order valence-corrected chi connectivity index (χ4v) is 3.99. The van der Waals surface area contributed by atoms with Gasteiger partial charge in [0.1, 0.15) is 0 Å². The largest absolute Gasteiger partial charge is 0.380 e. The lowest BCUT2D eigenvalue weighted by Crippen LogP contribution is -2.51. The fraction of sp³-hybridized carbons (Fsp3) is 1.00. The van der Waals surface area contributed by atoms with Gasteiger partial charge in [-0.1, -0.05) is 13.8 Å². The number of nitrogens with zero attached hydrogens (tertiary/aromatic N) is 2. The Balaban J connectivity index is 2.47. The molecule has 0 aromatic carbocycles. The van der Waals surface area contributed by atoms with Gasteiger partial charge in [0, 0.05) is 33.8 Å². The first-order valence-electron chi connectivity index (χ1n) is 7.88. The van der Waals surface area contributed by atoms with Gasteiger partial charge in [0.2, 0.25) is 0 Å². The predicted molar refractivity (Wildman–Crippen MR) is 85.5 cm³/mol. The molecule has 0 saturated carbocycles. The van der Waals surface area contributed by atoms with Crippen molar-refractivity contribution in [2.45, 2.75) is 39.2 Å². The zero-order chi connectivity index (χ0) is 15.9. The van der Waals surface area contributed by atoms with E-state index in [0.717, 1.165) is 32.4 Å². The van der Waals surface area contributed by atoms with E-state index in [1.807, 2.05) is 0 Å². The van der Waals surface area contributed by atoms with Crippen LogP contribution in [0.1, 0.15) is 33.1 Å². The molecule has 0 radical (unpaired) electrons. The summed E-state index contributed by atoms with van der Waals surface area (Å²) >= 11 is 0. The van der Waals surface area contributed by atoms with Gasteiger partial charge < -0.3 is 10.1 Å². The Morgan fingerprint density at radius 3 is 2.71 bits per heavy atom. The van der Waals surface area contributed by atoms with E-state index >= 15 is 0 Å². The van der Waals surface area contributed by atoms with E-state index in [1.54, 1.807) is 18.5 Å². The lowest BCUT2D eigenvalue weighted by atomic mass is 9.97. The van der Waals surface area contributed by atoms with Crippen LogP contribution in [-0.4, -0.2) is 70.0 Å². The van der Waals surface area contributed by atoms with Crippen molar-refractivity contribution in [1.82, 2.24) is 13.9 Å². The lowest BCUT2D eigenvalue weighted by Gasteiger charge is -2.37. The molecule has 21 heavy (non-hydrogen) atoms. The maximum absolute atomic E-state index is 12.5. The summed E-state index contributed by atoms with van der Waals surface area (Å²) in [5.41, 5.74) is 0. The van der Waals surface area contributed by atoms with Gasteiger partial charge in [-0.3, -0.25) is 0 Å². The van der Waals surface area contributed by atoms with E-state index in [0.29, 0.717) is 25.6 Å². The van der Waals surface area contributed by atoms with E-state index in [1.165, 1.54) is 4.31 Å². The highest BCUT2D eigenvalue weighted by molar-refractivity contribution is 7.86. The summed E-state index contributed by atoms with van der Waals surface area (Å²) in [7, 11) is -0.0475. The van der Waals surface area contributed by atoms with Crippen LogP contribution in [0.4, 0.5) is 0 Å². The molecule has 1 heterocycles. The predicted octanol–water partition coefficient (Wildman–Crippen LogP) is 0.910. The number of nitrogens with one attached hydrogen (secondary N) is 1. The summed E-state index contributed by atoms with van der Waals surface area (Å²) in [5, 5.41) is 3.29. The average Bonchev–Trinajstić information content (AvgIpc) is 2.47. The molecule has 0 bridgehead atoms. The van der Waals surface area contributed by atoms with Crippen LogP contribution in [0.25, 0.3) is 0 Å². The summed E-state index contributed by atoms with van der Waals surface area (Å²) in [5.74, 6) is 0.407. The van der Waals surface area contributed by atoms with Crippen LogP contribution in [-0.2, 0) is 14.9 Å². The van der Waals surface area contributed by atoms with Crippen LogP contribution in [0.3, 0.4) is 0 Å². The molecule has 1 N–H and O–H groups in total. The first-order chi connectivity index (χ1) is 9.93. The Hall–Kier alpha value is -0.210. The maximum atomic E-state index is 12.5. The second-order valence-electron chi connectivity index (χ2n) is 5.83. The van der Waals surface area contributed by atoms with Gasteiger partial charge in [-0.25, -0.2) is 0 Å². The topological polar surface area (TPSA) is 61.9 Å². The van der Waals surface area contributed by atoms with Gasteiger partial charge in [0.15, 0.2) is 0 Å².